The molecule has 2 nitrogen and oxygen atoms in total. The molecule has 1 rings (SSSR count). The maximum absolute atomic E-state index is 13.0. The number of aliphatic hydroxyl groups is 1. The van der Waals surface area contributed by atoms with Gasteiger partial charge >= 0.3 is 0 Å². The third-order valence-electron chi connectivity index (χ3n) is 2.69. The Morgan fingerprint density at radius 3 is 2.47 bits per heavy atom. The zero-order valence-corrected chi connectivity index (χ0v) is 11.1. The lowest BCUT2D eigenvalue weighted by Crippen LogP contribution is -2.26. The van der Waals surface area contributed by atoms with Gasteiger partial charge in [0.15, 0.2) is 0 Å². The zero-order valence-electron chi connectivity index (χ0n) is 10.3. The smallest absolute Gasteiger partial charge is 0.123 e. The largest absolute Gasteiger partial charge is 0.391 e. The zero-order chi connectivity index (χ0) is 12.1. The number of rotatable bonds is 5. The molecule has 0 amide bonds. The van der Waals surface area contributed by atoms with Crippen LogP contribution in [0.2, 0.25) is 0 Å². The summed E-state index contributed by atoms with van der Waals surface area (Å²) in [7, 11) is 0. The van der Waals surface area contributed by atoms with E-state index in [4.69, 9.17) is 5.73 Å². The summed E-state index contributed by atoms with van der Waals surface area (Å²) in [4.78, 5) is 0. The van der Waals surface area contributed by atoms with E-state index >= 15 is 0 Å². The fourth-order valence-corrected chi connectivity index (χ4v) is 1.62. The fraction of sp³-hybridized carbons (Fsp3) is 0.538. The molecule has 3 N–H and O–H groups in total. The Bertz CT molecular complexity index is 333. The van der Waals surface area contributed by atoms with E-state index in [9.17, 15) is 9.50 Å². The second-order valence-electron chi connectivity index (χ2n) is 4.62. The van der Waals surface area contributed by atoms with E-state index in [0.29, 0.717) is 17.9 Å². The van der Waals surface area contributed by atoms with Crippen molar-refractivity contribution in [2.75, 3.05) is 0 Å². The molecule has 4 heteroatoms. The molecule has 1 aromatic rings. The van der Waals surface area contributed by atoms with Crippen LogP contribution < -0.4 is 5.73 Å². The molecule has 0 radical (unpaired) electrons. The molecule has 17 heavy (non-hydrogen) atoms. The predicted molar refractivity (Wildman–Crippen MR) is 70.7 cm³/mol. The van der Waals surface area contributed by atoms with E-state index in [-0.39, 0.29) is 18.2 Å². The van der Waals surface area contributed by atoms with Gasteiger partial charge in [-0.05, 0) is 36.5 Å². The Labute approximate surface area is 108 Å². The van der Waals surface area contributed by atoms with Crippen LogP contribution in [-0.4, -0.2) is 11.2 Å². The molecule has 0 fully saturated rings. The van der Waals surface area contributed by atoms with Crippen molar-refractivity contribution in [1.29, 1.82) is 0 Å². The van der Waals surface area contributed by atoms with Crippen LogP contribution in [0.4, 0.5) is 4.39 Å². The van der Waals surface area contributed by atoms with Crippen molar-refractivity contribution in [2.24, 2.45) is 11.7 Å². The molecule has 0 saturated heterocycles. The van der Waals surface area contributed by atoms with Gasteiger partial charge in [0.25, 0.3) is 0 Å². The summed E-state index contributed by atoms with van der Waals surface area (Å²) in [6, 6.07) is 5.60. The number of halogens is 2. The van der Waals surface area contributed by atoms with Gasteiger partial charge in [-0.1, -0.05) is 26.0 Å². The summed E-state index contributed by atoms with van der Waals surface area (Å²) >= 11 is 0. The van der Waals surface area contributed by atoms with Crippen LogP contribution in [0.3, 0.4) is 0 Å². The molecule has 0 aromatic heterocycles. The molecular formula is C13H21ClFNO. The standard InChI is InChI=1S/C13H20FNO.ClH/c1-9(2)6-7-12(16)13(15)10-4-3-5-11(14)8-10;/h3-5,8-9,12-13,16H,6-7,15H2,1-2H3;1H/t12-,13+;/m0./s1. The summed E-state index contributed by atoms with van der Waals surface area (Å²) in [5.74, 6) is 0.221. The van der Waals surface area contributed by atoms with Gasteiger partial charge in [0.2, 0.25) is 0 Å². The second-order valence-corrected chi connectivity index (χ2v) is 4.62. The fourth-order valence-electron chi connectivity index (χ4n) is 1.62. The van der Waals surface area contributed by atoms with Crippen LogP contribution in [0.5, 0.6) is 0 Å². The maximum atomic E-state index is 13.0. The highest BCUT2D eigenvalue weighted by Crippen LogP contribution is 2.19. The summed E-state index contributed by atoms with van der Waals surface area (Å²) < 4.78 is 13.0. The minimum Gasteiger partial charge on any atom is -0.391 e. The maximum Gasteiger partial charge on any atom is 0.123 e. The van der Waals surface area contributed by atoms with Crippen LogP contribution in [0.25, 0.3) is 0 Å². The highest BCUT2D eigenvalue weighted by molar-refractivity contribution is 5.85. The van der Waals surface area contributed by atoms with Crippen LogP contribution in [0.1, 0.15) is 38.3 Å². The number of hydrogen-bond acceptors (Lipinski definition) is 2. The van der Waals surface area contributed by atoms with E-state index in [1.54, 1.807) is 12.1 Å². The van der Waals surface area contributed by atoms with Crippen LogP contribution in [-0.2, 0) is 0 Å². The minimum atomic E-state index is -0.607. The lowest BCUT2D eigenvalue weighted by atomic mass is 9.96. The Morgan fingerprint density at radius 2 is 1.94 bits per heavy atom. The van der Waals surface area contributed by atoms with Gasteiger partial charge in [0.1, 0.15) is 5.82 Å². The topological polar surface area (TPSA) is 46.2 Å². The van der Waals surface area contributed by atoms with Gasteiger partial charge in [-0.3, -0.25) is 0 Å². The molecule has 0 aliphatic carbocycles. The van der Waals surface area contributed by atoms with E-state index < -0.39 is 12.1 Å². The first kappa shape index (κ1) is 16.4. The molecule has 1 aromatic carbocycles. The van der Waals surface area contributed by atoms with Crippen molar-refractivity contribution in [1.82, 2.24) is 0 Å². The van der Waals surface area contributed by atoms with Gasteiger partial charge < -0.3 is 10.8 Å². The van der Waals surface area contributed by atoms with Crippen LogP contribution >= 0.6 is 12.4 Å². The number of benzene rings is 1. The lowest BCUT2D eigenvalue weighted by Gasteiger charge is -2.20. The van der Waals surface area contributed by atoms with Gasteiger partial charge in [-0.25, -0.2) is 4.39 Å². The van der Waals surface area contributed by atoms with Gasteiger partial charge in [0.05, 0.1) is 12.1 Å². The Morgan fingerprint density at radius 1 is 1.29 bits per heavy atom. The predicted octanol–water partition coefficient (Wildman–Crippen LogP) is 3.04. The van der Waals surface area contributed by atoms with E-state index in [1.165, 1.54) is 12.1 Å². The molecule has 2 atom stereocenters. The van der Waals surface area contributed by atoms with Crippen molar-refractivity contribution in [3.05, 3.63) is 35.6 Å². The minimum absolute atomic E-state index is 0. The number of nitrogens with two attached hydrogens (primary N) is 1. The van der Waals surface area contributed by atoms with Crippen molar-refractivity contribution >= 4 is 12.4 Å². The Balaban J connectivity index is 0.00000256. The molecule has 98 valence electrons. The average Bonchev–Trinajstić information content (AvgIpc) is 2.24. The molecule has 0 aliphatic heterocycles. The van der Waals surface area contributed by atoms with E-state index in [1.807, 2.05) is 0 Å². The molecular weight excluding hydrogens is 241 g/mol. The SMILES string of the molecule is CC(C)CC[C@H](O)[C@H](N)c1cccc(F)c1.Cl. The highest BCUT2D eigenvalue weighted by atomic mass is 35.5. The molecule has 0 saturated carbocycles. The molecule has 0 heterocycles. The monoisotopic (exact) mass is 261 g/mol. The lowest BCUT2D eigenvalue weighted by molar-refractivity contribution is 0.128. The number of hydrogen-bond donors (Lipinski definition) is 2. The number of aliphatic hydroxyl groups excluding tert-OH is 1. The van der Waals surface area contributed by atoms with Crippen molar-refractivity contribution < 1.29 is 9.50 Å². The van der Waals surface area contributed by atoms with E-state index in [2.05, 4.69) is 13.8 Å². The summed E-state index contributed by atoms with van der Waals surface area (Å²) in [5.41, 5.74) is 6.53. The third-order valence-corrected chi connectivity index (χ3v) is 2.69. The summed E-state index contributed by atoms with van der Waals surface area (Å²) in [5, 5.41) is 9.86. The molecule has 0 aliphatic rings. The van der Waals surface area contributed by atoms with Crippen molar-refractivity contribution in [3.63, 3.8) is 0 Å². The molecule has 0 spiro atoms. The van der Waals surface area contributed by atoms with Gasteiger partial charge in [0, 0.05) is 0 Å². The van der Waals surface area contributed by atoms with Gasteiger partial charge in [-0.2, -0.15) is 0 Å². The first-order valence-electron chi connectivity index (χ1n) is 5.70. The summed E-state index contributed by atoms with van der Waals surface area (Å²) in [6.45, 7) is 4.20. The first-order valence-corrected chi connectivity index (χ1v) is 5.70. The molecule has 0 bridgehead atoms. The van der Waals surface area contributed by atoms with Crippen molar-refractivity contribution in [3.8, 4) is 0 Å². The van der Waals surface area contributed by atoms with Crippen molar-refractivity contribution in [2.45, 2.75) is 38.8 Å². The van der Waals surface area contributed by atoms with Crippen LogP contribution in [0, 0.1) is 11.7 Å². The summed E-state index contributed by atoms with van der Waals surface area (Å²) in [6.07, 6.45) is 0.962. The molecule has 0 unspecified atom stereocenters. The highest BCUT2D eigenvalue weighted by Gasteiger charge is 2.17. The first-order chi connectivity index (χ1) is 7.50. The Hall–Kier alpha value is -0.640. The Kier molecular flexibility index (Phi) is 7.35. The normalized spacial score (nSPS) is 14.2. The van der Waals surface area contributed by atoms with Crippen LogP contribution in [0.15, 0.2) is 24.3 Å². The second kappa shape index (κ2) is 7.64. The average molecular weight is 262 g/mol. The third kappa shape index (κ3) is 5.48. The van der Waals surface area contributed by atoms with Gasteiger partial charge in [-0.15, -0.1) is 12.4 Å². The van der Waals surface area contributed by atoms with E-state index in [0.717, 1.165) is 6.42 Å². The quantitative estimate of drug-likeness (QED) is 0.856.